The van der Waals surface area contributed by atoms with Crippen LogP contribution >= 0.6 is 19.4 Å². The van der Waals surface area contributed by atoms with Gasteiger partial charge in [-0.05, 0) is 84.1 Å². The summed E-state index contributed by atoms with van der Waals surface area (Å²) in [7, 11) is -4.12. The van der Waals surface area contributed by atoms with E-state index >= 15 is 0 Å². The lowest BCUT2D eigenvalue weighted by Gasteiger charge is -2.38. The van der Waals surface area contributed by atoms with E-state index in [0.717, 1.165) is 16.0 Å². The molecule has 1 fully saturated rings. The molecule has 5 aromatic rings. The van der Waals surface area contributed by atoms with E-state index < -0.39 is 61.3 Å². The minimum atomic E-state index is -4.12. The molecule has 20 nitrogen and oxygen atoms in total. The van der Waals surface area contributed by atoms with Crippen LogP contribution in [-0.4, -0.2) is 106 Å². The van der Waals surface area contributed by atoms with Crippen LogP contribution in [0, 0.1) is 28.1 Å². The molecule has 1 unspecified atom stereocenters. The van der Waals surface area contributed by atoms with Gasteiger partial charge in [0.15, 0.2) is 17.2 Å². The highest BCUT2D eigenvalue weighted by Gasteiger charge is 2.40. The monoisotopic (exact) mass is 1040 g/mol. The van der Waals surface area contributed by atoms with E-state index in [4.69, 9.17) is 50.5 Å². The van der Waals surface area contributed by atoms with E-state index in [9.17, 15) is 29.5 Å². The summed E-state index contributed by atoms with van der Waals surface area (Å²) in [5.74, 6) is -1.38. The van der Waals surface area contributed by atoms with Gasteiger partial charge in [-0.3, -0.25) is 28.1 Å². The second-order valence-corrected chi connectivity index (χ2v) is 22.0. The van der Waals surface area contributed by atoms with Gasteiger partial charge < -0.3 is 25.0 Å². The summed E-state index contributed by atoms with van der Waals surface area (Å²) in [6, 6.07) is 25.7. The molecule has 0 saturated carbocycles. The number of phosphoric acid groups is 1. The van der Waals surface area contributed by atoms with Gasteiger partial charge in [0.2, 0.25) is 12.7 Å². The molecular formula is C51H63ClN11O9P. The van der Waals surface area contributed by atoms with Crippen LogP contribution in [0.3, 0.4) is 0 Å². The highest BCUT2D eigenvalue weighted by molar-refractivity contribution is 7.48. The van der Waals surface area contributed by atoms with Crippen molar-refractivity contribution in [2.75, 3.05) is 60.8 Å². The lowest BCUT2D eigenvalue weighted by Crippen LogP contribution is -2.53. The minimum absolute atomic E-state index is 0.00411. The minimum Gasteiger partial charge on any atom is -0.428 e. The molecule has 6 rings (SSSR count). The first-order valence-corrected chi connectivity index (χ1v) is 25.5. The molecule has 1 saturated heterocycles. The number of ether oxygens (including phenoxy) is 2. The van der Waals surface area contributed by atoms with Gasteiger partial charge in [-0.1, -0.05) is 86.1 Å². The van der Waals surface area contributed by atoms with Crippen molar-refractivity contribution in [3.8, 4) is 12.1 Å². The number of carbonyl (C=O) groups excluding carboxylic acids is 3. The third-order valence-electron chi connectivity index (χ3n) is 11.4. The van der Waals surface area contributed by atoms with Crippen LogP contribution in [-0.2, 0) is 37.2 Å². The van der Waals surface area contributed by atoms with Crippen molar-refractivity contribution in [2.24, 2.45) is 11.1 Å². The second kappa shape index (κ2) is 23.1. The van der Waals surface area contributed by atoms with Gasteiger partial charge in [-0.2, -0.15) is 20.0 Å². The molecule has 0 spiro atoms. The predicted molar refractivity (Wildman–Crippen MR) is 275 cm³/mol. The Balaban J connectivity index is 1.40. The van der Waals surface area contributed by atoms with Crippen molar-refractivity contribution in [3.63, 3.8) is 0 Å². The molecule has 2 aromatic heterocycles. The molecule has 73 heavy (non-hydrogen) atoms. The number of amides is 2. The molecule has 3 aromatic carbocycles. The molecule has 2 amide bonds. The van der Waals surface area contributed by atoms with Gasteiger partial charge in [0.25, 0.3) is 5.95 Å². The number of fused-ring (bicyclic) bond motifs is 1. The van der Waals surface area contributed by atoms with Gasteiger partial charge >= 0.3 is 19.9 Å². The number of benzene rings is 3. The normalized spacial score (nSPS) is 14.1. The number of phosphoric ester groups is 1. The van der Waals surface area contributed by atoms with Gasteiger partial charge in [0, 0.05) is 32.7 Å². The Hall–Kier alpha value is -6.64. The Morgan fingerprint density at radius 3 is 1.99 bits per heavy atom. The van der Waals surface area contributed by atoms with Crippen molar-refractivity contribution >= 4 is 66.2 Å². The van der Waals surface area contributed by atoms with Crippen molar-refractivity contribution in [3.05, 3.63) is 106 Å². The average Bonchev–Trinajstić information content (AvgIpc) is 3.75. The maximum absolute atomic E-state index is 14.9. The summed E-state index contributed by atoms with van der Waals surface area (Å²) in [4.78, 5) is 56.8. The number of nitriles is 2. The SMILES string of the molecule is CCN(c1nc(N(C(=O)OCOC(=O)CC(C)(C)COP(=O)(OC(C)(C)C)OC(C)(C)C)c2cc(C#N)cc(N3CCN(C(C)C(N)=O)CC3)c2Cl)nn2c(C#N)cnc12)C(c1ccccc1)c1ccccc1. The molecular weight excluding hydrogens is 977 g/mol. The summed E-state index contributed by atoms with van der Waals surface area (Å²) in [5, 5.41) is 25.5. The predicted octanol–water partition coefficient (Wildman–Crippen LogP) is 9.08. The largest absolute Gasteiger partial charge is 0.475 e. The third-order valence-corrected chi connectivity index (χ3v) is 13.8. The van der Waals surface area contributed by atoms with E-state index in [-0.39, 0.29) is 52.4 Å². The Kier molecular flexibility index (Phi) is 17.6. The van der Waals surface area contributed by atoms with Crippen molar-refractivity contribution < 1.29 is 42.0 Å². The molecule has 1 aliphatic rings. The number of imidazole rings is 1. The number of primary amides is 1. The Labute approximate surface area is 431 Å². The first kappa shape index (κ1) is 55.7. The maximum Gasteiger partial charge on any atom is 0.475 e. The van der Waals surface area contributed by atoms with Crippen LogP contribution in [0.15, 0.2) is 79.0 Å². The van der Waals surface area contributed by atoms with Crippen LogP contribution in [0.25, 0.3) is 5.65 Å². The zero-order chi connectivity index (χ0) is 53.5. The highest BCUT2D eigenvalue weighted by Crippen LogP contribution is 2.56. The quantitative estimate of drug-likeness (QED) is 0.0460. The Morgan fingerprint density at radius 2 is 1.47 bits per heavy atom. The number of nitrogens with zero attached hydrogens (tertiary/aromatic N) is 10. The smallest absolute Gasteiger partial charge is 0.428 e. The fourth-order valence-electron chi connectivity index (χ4n) is 8.07. The summed E-state index contributed by atoms with van der Waals surface area (Å²) in [5.41, 5.74) is 5.27. The van der Waals surface area contributed by atoms with E-state index in [1.54, 1.807) is 68.4 Å². The zero-order valence-electron chi connectivity index (χ0n) is 42.9. The first-order chi connectivity index (χ1) is 34.4. The van der Waals surface area contributed by atoms with Gasteiger partial charge in [0.05, 0.1) is 70.5 Å². The maximum atomic E-state index is 14.9. The fraction of sp³-hybridized carbons (Fsp3) is 0.451. The number of halogens is 1. The molecule has 0 radical (unpaired) electrons. The Morgan fingerprint density at radius 1 is 0.877 bits per heavy atom. The molecule has 3 heterocycles. The third kappa shape index (κ3) is 14.1. The molecule has 2 N–H and O–H groups in total. The fourth-order valence-corrected chi connectivity index (χ4v) is 10.4. The number of carbonyl (C=O) groups is 3. The van der Waals surface area contributed by atoms with Crippen molar-refractivity contribution in [1.82, 2.24) is 24.5 Å². The van der Waals surface area contributed by atoms with Gasteiger partial charge in [0.1, 0.15) is 6.07 Å². The van der Waals surface area contributed by atoms with Crippen molar-refractivity contribution in [1.29, 1.82) is 10.5 Å². The van der Waals surface area contributed by atoms with Crippen LogP contribution in [0.1, 0.15) is 104 Å². The standard InChI is InChI=1S/C51H63ClN11O9P/c1-11-61(43(36-18-14-12-15-19-36)37-20-16-13-17-21-37)46-45-56-31-38(30-54)63(45)58-47(57-46)62(40-27-35(29-53)26-39(42(40)52)60-24-22-59(23-25-60)34(2)44(55)65)48(66)69-33-68-41(64)28-51(9,10)32-70-73(67,71-49(3,4)5)72-50(6,7)8/h12-21,26-27,31,34,43H,11,22-25,28,32-33H2,1-10H3,(H2,55,65). The topological polar surface area (TPSA) is 244 Å². The van der Waals surface area contributed by atoms with Crippen LogP contribution < -0.4 is 20.4 Å². The number of aromatic nitrogens is 4. The highest BCUT2D eigenvalue weighted by atomic mass is 35.5. The van der Waals surface area contributed by atoms with Crippen LogP contribution in [0.4, 0.5) is 27.9 Å². The lowest BCUT2D eigenvalue weighted by atomic mass is 9.91. The van der Waals surface area contributed by atoms with E-state index in [1.165, 1.54) is 16.8 Å². The number of anilines is 4. The molecule has 0 bridgehead atoms. The Bertz CT molecular complexity index is 2850. The van der Waals surface area contributed by atoms with Crippen molar-refractivity contribution in [2.45, 2.75) is 98.9 Å². The molecule has 388 valence electrons. The zero-order valence-corrected chi connectivity index (χ0v) is 44.5. The number of rotatable bonds is 19. The van der Waals surface area contributed by atoms with Crippen LogP contribution in [0.2, 0.25) is 5.02 Å². The van der Waals surface area contributed by atoms with E-state index in [1.807, 2.05) is 82.3 Å². The van der Waals surface area contributed by atoms with Gasteiger partial charge in [-0.25, -0.2) is 19.2 Å². The number of piperazine rings is 1. The summed E-state index contributed by atoms with van der Waals surface area (Å²) < 4.78 is 43.4. The molecule has 22 heteroatoms. The summed E-state index contributed by atoms with van der Waals surface area (Å²) in [6.45, 7) is 18.1. The second-order valence-electron chi connectivity index (χ2n) is 20.1. The summed E-state index contributed by atoms with van der Waals surface area (Å²) in [6.07, 6.45) is -0.108. The first-order valence-electron chi connectivity index (χ1n) is 23.7. The molecule has 1 atom stereocenters. The van der Waals surface area contributed by atoms with E-state index in [0.29, 0.717) is 38.4 Å². The molecule has 0 aliphatic carbocycles. The van der Waals surface area contributed by atoms with Gasteiger partial charge in [-0.15, -0.1) is 5.10 Å². The number of esters is 1. The lowest BCUT2D eigenvalue weighted by molar-refractivity contribution is -0.154. The average molecular weight is 1040 g/mol. The number of nitrogens with two attached hydrogens (primary N) is 1. The van der Waals surface area contributed by atoms with E-state index in [2.05, 4.69) is 17.1 Å². The number of hydrogen-bond donors (Lipinski definition) is 1. The van der Waals surface area contributed by atoms with Crippen LogP contribution in [0.5, 0.6) is 0 Å². The number of hydrogen-bond acceptors (Lipinski definition) is 17. The molecule has 1 aliphatic heterocycles. The summed E-state index contributed by atoms with van der Waals surface area (Å²) >= 11 is 7.33.